The van der Waals surface area contributed by atoms with Crippen molar-refractivity contribution in [3.05, 3.63) is 89.4 Å². The Kier molecular flexibility index (Phi) is 5.22. The second kappa shape index (κ2) is 8.53. The van der Waals surface area contributed by atoms with E-state index in [4.69, 9.17) is 0 Å². The molecule has 170 valence electrons. The Balaban J connectivity index is 1.27. The van der Waals surface area contributed by atoms with Crippen molar-refractivity contribution in [2.45, 2.75) is 6.54 Å². The maximum absolute atomic E-state index is 14.4. The SMILES string of the molecule is O=C(c1cc2ccccc2n1Cc1ccccc1F)N1CCN(c2ncnc3sccc23)CC1. The van der Waals surface area contributed by atoms with E-state index in [0.717, 1.165) is 26.9 Å². The normalized spacial score (nSPS) is 14.3. The fourth-order valence-corrected chi connectivity index (χ4v) is 5.39. The lowest BCUT2D eigenvalue weighted by atomic mass is 10.2. The number of rotatable bonds is 4. The molecule has 1 saturated heterocycles. The number of fused-ring (bicyclic) bond motifs is 2. The Labute approximate surface area is 199 Å². The Morgan fingerprint density at radius 3 is 2.62 bits per heavy atom. The van der Waals surface area contributed by atoms with Gasteiger partial charge in [0, 0.05) is 42.6 Å². The maximum Gasteiger partial charge on any atom is 0.270 e. The average Bonchev–Trinajstić information content (AvgIpc) is 3.50. The summed E-state index contributed by atoms with van der Waals surface area (Å²) < 4.78 is 16.4. The third-order valence-corrected chi connectivity index (χ3v) is 7.24. The second-order valence-electron chi connectivity index (χ2n) is 8.38. The largest absolute Gasteiger partial charge is 0.352 e. The Morgan fingerprint density at radius 2 is 1.76 bits per heavy atom. The van der Waals surface area contributed by atoms with E-state index in [1.807, 2.05) is 57.3 Å². The zero-order chi connectivity index (χ0) is 23.1. The van der Waals surface area contributed by atoms with E-state index >= 15 is 0 Å². The topological polar surface area (TPSA) is 54.3 Å². The van der Waals surface area contributed by atoms with Crippen LogP contribution in [0.15, 0.2) is 72.4 Å². The molecule has 0 aliphatic carbocycles. The molecule has 8 heteroatoms. The molecule has 0 radical (unpaired) electrons. The molecule has 1 aliphatic heterocycles. The van der Waals surface area contributed by atoms with Gasteiger partial charge >= 0.3 is 0 Å². The van der Waals surface area contributed by atoms with Crippen LogP contribution >= 0.6 is 11.3 Å². The predicted octanol–water partition coefficient (Wildman–Crippen LogP) is 4.80. The summed E-state index contributed by atoms with van der Waals surface area (Å²) in [4.78, 5) is 27.6. The van der Waals surface area contributed by atoms with Crippen molar-refractivity contribution in [2.24, 2.45) is 0 Å². The van der Waals surface area contributed by atoms with Crippen molar-refractivity contribution >= 4 is 44.2 Å². The number of amides is 1. The fourth-order valence-electron chi connectivity index (χ4n) is 4.67. The van der Waals surface area contributed by atoms with Gasteiger partial charge in [-0.05, 0) is 29.6 Å². The van der Waals surface area contributed by atoms with Gasteiger partial charge in [0.15, 0.2) is 0 Å². The molecular formula is C26H22FN5OS. The monoisotopic (exact) mass is 471 g/mol. The van der Waals surface area contributed by atoms with Crippen LogP contribution in [0.4, 0.5) is 10.2 Å². The summed E-state index contributed by atoms with van der Waals surface area (Å²) in [7, 11) is 0. The Morgan fingerprint density at radius 1 is 0.971 bits per heavy atom. The van der Waals surface area contributed by atoms with Crippen LogP contribution in [0.25, 0.3) is 21.1 Å². The van der Waals surface area contributed by atoms with E-state index in [9.17, 15) is 9.18 Å². The number of anilines is 1. The van der Waals surface area contributed by atoms with Crippen molar-refractivity contribution in [1.82, 2.24) is 19.4 Å². The van der Waals surface area contributed by atoms with Gasteiger partial charge in [-0.15, -0.1) is 11.3 Å². The molecule has 1 fully saturated rings. The van der Waals surface area contributed by atoms with Gasteiger partial charge < -0.3 is 14.4 Å². The summed E-state index contributed by atoms with van der Waals surface area (Å²) in [5.74, 6) is 0.625. The van der Waals surface area contributed by atoms with Gasteiger partial charge in [-0.1, -0.05) is 36.4 Å². The first-order valence-electron chi connectivity index (χ1n) is 11.2. The van der Waals surface area contributed by atoms with Crippen molar-refractivity contribution in [2.75, 3.05) is 31.1 Å². The van der Waals surface area contributed by atoms with Crippen LogP contribution in [0.5, 0.6) is 0 Å². The van der Waals surface area contributed by atoms with Gasteiger partial charge in [-0.25, -0.2) is 14.4 Å². The van der Waals surface area contributed by atoms with Crippen LogP contribution in [-0.4, -0.2) is 51.5 Å². The first kappa shape index (κ1) is 20.8. The molecule has 4 heterocycles. The van der Waals surface area contributed by atoms with Crippen LogP contribution in [0.3, 0.4) is 0 Å². The van der Waals surface area contributed by atoms with Gasteiger partial charge in [-0.2, -0.15) is 0 Å². The van der Waals surface area contributed by atoms with Crippen LogP contribution in [0, 0.1) is 5.82 Å². The fraction of sp³-hybridized carbons (Fsp3) is 0.192. The average molecular weight is 472 g/mol. The number of aromatic nitrogens is 3. The van der Waals surface area contributed by atoms with Crippen LogP contribution < -0.4 is 4.90 Å². The van der Waals surface area contributed by atoms with Crippen molar-refractivity contribution in [1.29, 1.82) is 0 Å². The highest BCUT2D eigenvalue weighted by Crippen LogP contribution is 2.28. The summed E-state index contributed by atoms with van der Waals surface area (Å²) in [6, 6.07) is 18.6. The Bertz CT molecular complexity index is 1500. The number of hydrogen-bond donors (Lipinski definition) is 0. The summed E-state index contributed by atoms with van der Waals surface area (Å²) in [5.41, 5.74) is 2.07. The number of benzene rings is 2. The molecular weight excluding hydrogens is 449 g/mol. The van der Waals surface area contributed by atoms with Crippen molar-refractivity contribution in [3.63, 3.8) is 0 Å². The van der Waals surface area contributed by atoms with E-state index in [-0.39, 0.29) is 11.7 Å². The molecule has 34 heavy (non-hydrogen) atoms. The molecule has 0 unspecified atom stereocenters. The zero-order valence-electron chi connectivity index (χ0n) is 18.4. The van der Waals surface area contributed by atoms with E-state index in [1.54, 1.807) is 29.8 Å². The number of halogens is 1. The van der Waals surface area contributed by atoms with E-state index in [0.29, 0.717) is 44.0 Å². The number of nitrogens with zero attached hydrogens (tertiary/aromatic N) is 5. The lowest BCUT2D eigenvalue weighted by molar-refractivity contribution is 0.0736. The molecule has 6 rings (SSSR count). The molecule has 1 aliphatic rings. The van der Waals surface area contributed by atoms with Gasteiger partial charge in [0.2, 0.25) is 0 Å². The molecule has 5 aromatic rings. The van der Waals surface area contributed by atoms with Crippen LogP contribution in [0.1, 0.15) is 16.1 Å². The molecule has 0 saturated carbocycles. The highest BCUT2D eigenvalue weighted by atomic mass is 32.1. The number of piperazine rings is 1. The number of carbonyl (C=O) groups is 1. The van der Waals surface area contributed by atoms with Gasteiger partial charge in [0.25, 0.3) is 5.91 Å². The third kappa shape index (κ3) is 3.60. The number of thiophene rings is 1. The minimum atomic E-state index is -0.267. The quantitative estimate of drug-likeness (QED) is 0.378. The van der Waals surface area contributed by atoms with E-state index in [2.05, 4.69) is 14.9 Å². The van der Waals surface area contributed by atoms with Gasteiger partial charge in [0.1, 0.15) is 28.5 Å². The highest BCUT2D eigenvalue weighted by Gasteiger charge is 2.27. The standard InChI is InChI=1S/C26H22FN5OS/c27-21-7-3-1-6-19(21)16-32-22-8-4-2-5-18(22)15-23(32)26(33)31-12-10-30(11-13-31)24-20-9-14-34-25(20)29-17-28-24/h1-9,14-15,17H,10-13,16H2. The van der Waals surface area contributed by atoms with Gasteiger partial charge in [0.05, 0.1) is 11.9 Å². The van der Waals surface area contributed by atoms with Crippen molar-refractivity contribution in [3.8, 4) is 0 Å². The zero-order valence-corrected chi connectivity index (χ0v) is 19.2. The minimum Gasteiger partial charge on any atom is -0.352 e. The Hall–Kier alpha value is -3.78. The summed E-state index contributed by atoms with van der Waals surface area (Å²) >= 11 is 1.60. The maximum atomic E-state index is 14.4. The summed E-state index contributed by atoms with van der Waals surface area (Å²) in [6.45, 7) is 2.88. The van der Waals surface area contributed by atoms with Gasteiger partial charge in [-0.3, -0.25) is 4.79 Å². The minimum absolute atomic E-state index is 0.0319. The molecule has 6 nitrogen and oxygen atoms in total. The van der Waals surface area contributed by atoms with Crippen LogP contribution in [0.2, 0.25) is 0 Å². The molecule has 0 bridgehead atoms. The number of hydrogen-bond acceptors (Lipinski definition) is 5. The summed E-state index contributed by atoms with van der Waals surface area (Å²) in [6.07, 6.45) is 1.60. The van der Waals surface area contributed by atoms with E-state index < -0.39 is 0 Å². The molecule has 0 atom stereocenters. The highest BCUT2D eigenvalue weighted by molar-refractivity contribution is 7.16. The lowest BCUT2D eigenvalue weighted by Gasteiger charge is -2.35. The molecule has 0 N–H and O–H groups in total. The first-order valence-corrected chi connectivity index (χ1v) is 12.1. The molecule has 0 spiro atoms. The second-order valence-corrected chi connectivity index (χ2v) is 9.28. The molecule has 3 aromatic heterocycles. The van der Waals surface area contributed by atoms with Crippen LogP contribution in [-0.2, 0) is 6.54 Å². The van der Waals surface area contributed by atoms with Crippen molar-refractivity contribution < 1.29 is 9.18 Å². The number of carbonyl (C=O) groups excluding carboxylic acids is 1. The van der Waals surface area contributed by atoms with E-state index in [1.165, 1.54) is 6.07 Å². The first-order chi connectivity index (χ1) is 16.7. The molecule has 2 aromatic carbocycles. The smallest absolute Gasteiger partial charge is 0.270 e. The predicted molar refractivity (Wildman–Crippen MR) is 133 cm³/mol. The summed E-state index contributed by atoms with van der Waals surface area (Å²) in [5, 5.41) is 4.05. The third-order valence-electron chi connectivity index (χ3n) is 6.42. The molecule has 1 amide bonds. The lowest BCUT2D eigenvalue weighted by Crippen LogP contribution is -2.49. The number of para-hydroxylation sites is 1.